The maximum atomic E-state index is 9.85. The molecule has 0 aliphatic heterocycles. The molecule has 2 atom stereocenters. The molecule has 0 aliphatic rings. The number of rotatable bonds is 3. The summed E-state index contributed by atoms with van der Waals surface area (Å²) in [6, 6.07) is -0.266. The van der Waals surface area contributed by atoms with Crippen LogP contribution in [-0.2, 0) is 42.2 Å². The average molecular weight is 205 g/mol. The Labute approximate surface area is 80.2 Å². The number of ether oxygens (including phenoxy) is 1. The summed E-state index contributed by atoms with van der Waals surface area (Å²) in [5, 5.41) is 0. The standard InChI is InChI=1S/C5H10NO2.Y/c1-4(6)5(3-7)8-2;/h4-5H,6H2,1-2H3;/q-1;. The zero-order chi connectivity index (χ0) is 6.57. The minimum absolute atomic E-state index is 0. The van der Waals surface area contributed by atoms with Gasteiger partial charge in [-0.25, -0.2) is 6.29 Å². The molecule has 0 aromatic carbocycles. The molecule has 0 amide bonds. The van der Waals surface area contributed by atoms with E-state index in [1.165, 1.54) is 7.11 Å². The van der Waals surface area contributed by atoms with Gasteiger partial charge in [0, 0.05) is 45.9 Å². The second kappa shape index (κ2) is 6.81. The molecule has 0 aromatic rings. The third kappa shape index (κ3) is 5.15. The predicted molar refractivity (Wildman–Crippen MR) is 30.1 cm³/mol. The fourth-order valence-corrected chi connectivity index (χ4v) is 0.370. The van der Waals surface area contributed by atoms with Gasteiger partial charge in [0.1, 0.15) is 0 Å². The van der Waals surface area contributed by atoms with E-state index in [2.05, 4.69) is 4.74 Å². The molecule has 51 valence electrons. The Hall–Kier alpha value is 0.694. The molecule has 0 saturated carbocycles. The molecular formula is C5H10NO2Y-. The first-order valence-electron chi connectivity index (χ1n) is 2.38. The molecule has 3 nitrogen and oxygen atoms in total. The van der Waals surface area contributed by atoms with Crippen LogP contribution in [0.1, 0.15) is 6.92 Å². The normalized spacial score (nSPS) is 15.4. The van der Waals surface area contributed by atoms with Crippen molar-refractivity contribution in [1.29, 1.82) is 0 Å². The third-order valence-corrected chi connectivity index (χ3v) is 0.848. The zero-order valence-electron chi connectivity index (χ0n) is 5.63. The summed E-state index contributed by atoms with van der Waals surface area (Å²) in [7, 11) is 1.43. The molecular weight excluding hydrogens is 195 g/mol. The van der Waals surface area contributed by atoms with E-state index in [0.29, 0.717) is 0 Å². The summed E-state index contributed by atoms with van der Waals surface area (Å²) in [5.41, 5.74) is 5.27. The van der Waals surface area contributed by atoms with E-state index in [-0.39, 0.29) is 38.8 Å². The van der Waals surface area contributed by atoms with Gasteiger partial charge in [0.2, 0.25) is 0 Å². The van der Waals surface area contributed by atoms with Crippen molar-refractivity contribution in [3.05, 3.63) is 0 Å². The molecule has 0 heterocycles. The molecule has 9 heavy (non-hydrogen) atoms. The molecule has 0 saturated heterocycles. The maximum absolute atomic E-state index is 9.85. The molecule has 0 fully saturated rings. The summed E-state index contributed by atoms with van der Waals surface area (Å²) in [5.74, 6) is 0. The minimum atomic E-state index is -0.574. The van der Waals surface area contributed by atoms with E-state index in [4.69, 9.17) is 5.73 Å². The number of hydrogen-bond acceptors (Lipinski definition) is 3. The van der Waals surface area contributed by atoms with Gasteiger partial charge in [0.25, 0.3) is 0 Å². The van der Waals surface area contributed by atoms with Crippen LogP contribution in [0.5, 0.6) is 0 Å². The molecule has 0 bridgehead atoms. The second-order valence-electron chi connectivity index (χ2n) is 1.63. The van der Waals surface area contributed by atoms with Gasteiger partial charge >= 0.3 is 0 Å². The van der Waals surface area contributed by atoms with E-state index in [1.807, 2.05) is 0 Å². The van der Waals surface area contributed by atoms with Crippen LogP contribution in [0.15, 0.2) is 0 Å². The number of nitrogens with two attached hydrogens (primary N) is 1. The van der Waals surface area contributed by atoms with E-state index in [9.17, 15) is 4.79 Å². The van der Waals surface area contributed by atoms with E-state index in [0.717, 1.165) is 0 Å². The molecule has 0 aliphatic carbocycles. The van der Waals surface area contributed by atoms with Crippen molar-refractivity contribution in [1.82, 2.24) is 0 Å². The van der Waals surface area contributed by atoms with Crippen molar-refractivity contribution in [2.45, 2.75) is 19.1 Å². The van der Waals surface area contributed by atoms with Gasteiger partial charge in [-0.15, -0.1) is 0 Å². The maximum Gasteiger partial charge on any atom is 0.0326 e. The van der Waals surface area contributed by atoms with Crippen molar-refractivity contribution < 1.29 is 42.2 Å². The fourth-order valence-electron chi connectivity index (χ4n) is 0.370. The third-order valence-electron chi connectivity index (χ3n) is 0.848. The van der Waals surface area contributed by atoms with Crippen LogP contribution in [0.2, 0.25) is 0 Å². The SMILES string of the molecule is COC([C-]=O)C(C)N.[Y]. The van der Waals surface area contributed by atoms with Gasteiger partial charge in [-0.3, -0.25) is 0 Å². The van der Waals surface area contributed by atoms with Crippen LogP contribution in [0.3, 0.4) is 0 Å². The van der Waals surface area contributed by atoms with Crippen molar-refractivity contribution in [3.8, 4) is 0 Å². The largest absolute Gasteiger partial charge is 0.539 e. The first-order valence-corrected chi connectivity index (χ1v) is 2.38. The van der Waals surface area contributed by atoms with Gasteiger partial charge in [-0.2, -0.15) is 0 Å². The Bertz CT molecular complexity index is 77.4. The number of carbonyl (C=O) groups excluding carboxylic acids is 1. The van der Waals surface area contributed by atoms with Crippen LogP contribution in [-0.4, -0.2) is 25.5 Å². The molecule has 0 spiro atoms. The summed E-state index contributed by atoms with van der Waals surface area (Å²) in [6.07, 6.45) is 1.08. The van der Waals surface area contributed by atoms with Gasteiger partial charge in [0.05, 0.1) is 0 Å². The van der Waals surface area contributed by atoms with Crippen molar-refractivity contribution in [2.24, 2.45) is 5.73 Å². The smallest absolute Gasteiger partial charge is 0.0326 e. The molecule has 0 aromatic heterocycles. The van der Waals surface area contributed by atoms with Gasteiger partial charge in [-0.05, 0) is 13.0 Å². The van der Waals surface area contributed by atoms with E-state index >= 15 is 0 Å². The van der Waals surface area contributed by atoms with E-state index in [1.54, 1.807) is 13.2 Å². The Morgan fingerprint density at radius 3 is 2.11 bits per heavy atom. The second-order valence-corrected chi connectivity index (χ2v) is 1.63. The average Bonchev–Trinajstić information content (AvgIpc) is 1.69. The molecule has 2 N–H and O–H groups in total. The summed E-state index contributed by atoms with van der Waals surface area (Å²) < 4.78 is 4.61. The summed E-state index contributed by atoms with van der Waals surface area (Å²) in [6.45, 7) is 1.69. The van der Waals surface area contributed by atoms with Crippen LogP contribution in [0, 0.1) is 0 Å². The Morgan fingerprint density at radius 1 is 1.67 bits per heavy atom. The quantitative estimate of drug-likeness (QED) is 0.629. The number of methoxy groups -OCH3 is 1. The predicted octanol–water partition coefficient (Wildman–Crippen LogP) is -0.544. The zero-order valence-corrected chi connectivity index (χ0v) is 8.46. The van der Waals surface area contributed by atoms with Gasteiger partial charge < -0.3 is 15.3 Å². The van der Waals surface area contributed by atoms with E-state index < -0.39 is 6.10 Å². The van der Waals surface area contributed by atoms with Crippen molar-refractivity contribution in [3.63, 3.8) is 0 Å². The fraction of sp³-hybridized carbons (Fsp3) is 0.800. The topological polar surface area (TPSA) is 52.3 Å². The van der Waals surface area contributed by atoms with Crippen LogP contribution >= 0.6 is 0 Å². The van der Waals surface area contributed by atoms with Crippen LogP contribution < -0.4 is 5.73 Å². The van der Waals surface area contributed by atoms with Gasteiger partial charge in [0.15, 0.2) is 0 Å². The molecule has 4 heteroatoms. The molecule has 0 rings (SSSR count). The van der Waals surface area contributed by atoms with Crippen LogP contribution in [0.4, 0.5) is 0 Å². The van der Waals surface area contributed by atoms with Crippen LogP contribution in [0.25, 0.3) is 0 Å². The Balaban J connectivity index is 0. The monoisotopic (exact) mass is 205 g/mol. The first kappa shape index (κ1) is 12.4. The number of hydrogen-bond donors (Lipinski definition) is 1. The molecule has 1 radical (unpaired) electrons. The minimum Gasteiger partial charge on any atom is -0.539 e. The Kier molecular flexibility index (Phi) is 9.36. The first-order chi connectivity index (χ1) is 3.72. The summed E-state index contributed by atoms with van der Waals surface area (Å²) >= 11 is 0. The summed E-state index contributed by atoms with van der Waals surface area (Å²) in [4.78, 5) is 9.85. The van der Waals surface area contributed by atoms with Gasteiger partial charge in [-0.1, -0.05) is 0 Å². The van der Waals surface area contributed by atoms with Crippen molar-refractivity contribution in [2.75, 3.05) is 7.11 Å². The van der Waals surface area contributed by atoms with Crippen molar-refractivity contribution >= 4 is 6.29 Å². The Morgan fingerprint density at radius 2 is 2.11 bits per heavy atom. The molecule has 2 unspecified atom stereocenters.